The van der Waals surface area contributed by atoms with Gasteiger partial charge >= 0.3 is 6.09 Å². The molecule has 1 saturated carbocycles. The molecule has 3 fully saturated rings. The number of rotatable bonds is 10. The fourth-order valence-corrected chi connectivity index (χ4v) is 7.08. The Hall–Kier alpha value is -3.92. The van der Waals surface area contributed by atoms with Crippen molar-refractivity contribution < 1.29 is 23.4 Å². The highest BCUT2D eigenvalue weighted by Crippen LogP contribution is 2.52. The van der Waals surface area contributed by atoms with Gasteiger partial charge in [-0.25, -0.2) is 9.18 Å². The van der Waals surface area contributed by atoms with Gasteiger partial charge in [-0.3, -0.25) is 9.80 Å². The van der Waals surface area contributed by atoms with E-state index in [-0.39, 0.29) is 5.82 Å². The lowest BCUT2D eigenvalue weighted by molar-refractivity contribution is 0.122. The Morgan fingerprint density at radius 2 is 1.70 bits per heavy atom. The lowest BCUT2D eigenvalue weighted by Gasteiger charge is -2.30. The van der Waals surface area contributed by atoms with E-state index in [0.717, 1.165) is 30.9 Å². The van der Waals surface area contributed by atoms with Crippen LogP contribution in [0.1, 0.15) is 11.1 Å². The minimum atomic E-state index is -0.470. The normalized spacial score (nSPS) is 21.1. The van der Waals surface area contributed by atoms with Gasteiger partial charge in [0.1, 0.15) is 18.2 Å². The van der Waals surface area contributed by atoms with E-state index >= 15 is 4.39 Å². The van der Waals surface area contributed by atoms with Crippen LogP contribution in [-0.4, -0.2) is 56.9 Å². The number of nitrogens with zero attached hydrogens (tertiary/aromatic N) is 3. The molecule has 44 heavy (non-hydrogen) atoms. The molecule has 0 spiro atoms. The van der Waals surface area contributed by atoms with Crippen LogP contribution < -0.4 is 19.3 Å². The second kappa shape index (κ2) is 13.0. The van der Waals surface area contributed by atoms with Crippen molar-refractivity contribution in [3.8, 4) is 10.8 Å². The molecular formula is C35H36FN3O4S. The maximum atomic E-state index is 15.3. The molecule has 3 aliphatic rings. The number of piperidine rings is 1. The van der Waals surface area contributed by atoms with Gasteiger partial charge in [0.25, 0.3) is 0 Å². The monoisotopic (exact) mass is 613 g/mol. The second-order valence-electron chi connectivity index (χ2n) is 11.7. The highest BCUT2D eigenvalue weighted by atomic mass is 32.1. The van der Waals surface area contributed by atoms with Crippen LogP contribution in [-0.2, 0) is 17.9 Å². The highest BCUT2D eigenvalue weighted by Gasteiger charge is 2.56. The van der Waals surface area contributed by atoms with Gasteiger partial charge in [-0.1, -0.05) is 42.5 Å². The van der Waals surface area contributed by atoms with Crippen LogP contribution in [0.5, 0.6) is 10.8 Å². The molecule has 7 rings (SSSR count). The molecule has 1 aliphatic carbocycles. The number of benzene rings is 3. The number of amides is 1. The number of anilines is 2. The number of morpholine rings is 1. The van der Waals surface area contributed by atoms with Crippen LogP contribution in [0.2, 0.25) is 0 Å². The van der Waals surface area contributed by atoms with Crippen molar-refractivity contribution in [3.05, 3.63) is 107 Å². The summed E-state index contributed by atoms with van der Waals surface area (Å²) in [4.78, 5) is 19.5. The van der Waals surface area contributed by atoms with Crippen molar-refractivity contribution in [1.29, 1.82) is 0 Å². The number of ether oxygens (including phenoxy) is 3. The number of likely N-dealkylation sites (tertiary alicyclic amines) is 1. The summed E-state index contributed by atoms with van der Waals surface area (Å²) in [5.41, 5.74) is 3.47. The topological polar surface area (TPSA) is 54.5 Å². The molecule has 0 N–H and O–H groups in total. The lowest BCUT2D eigenvalue weighted by Crippen LogP contribution is -2.38. The fraction of sp³-hybridized carbons (Fsp3) is 0.343. The Labute approximate surface area is 261 Å². The molecule has 228 valence electrons. The Kier molecular flexibility index (Phi) is 8.50. The van der Waals surface area contributed by atoms with Crippen molar-refractivity contribution >= 4 is 28.8 Å². The van der Waals surface area contributed by atoms with Crippen LogP contribution in [0.15, 0.2) is 90.3 Å². The largest absolute Gasteiger partial charge is 0.489 e. The molecule has 4 aromatic rings. The van der Waals surface area contributed by atoms with Crippen molar-refractivity contribution in [2.75, 3.05) is 55.7 Å². The number of hydrogen-bond acceptors (Lipinski definition) is 7. The maximum Gasteiger partial charge on any atom is 0.420 e. The van der Waals surface area contributed by atoms with E-state index < -0.39 is 6.09 Å². The number of thiophene rings is 1. The third kappa shape index (κ3) is 6.60. The number of fused-ring (bicyclic) bond motifs is 1. The summed E-state index contributed by atoms with van der Waals surface area (Å²) in [6, 6.07) is 27.2. The third-order valence-electron chi connectivity index (χ3n) is 8.92. The standard InChI is InChI=1S/C35H36FN3O4S/c36-32-19-27(10-13-33(32)38-14-16-41-17-15-38)39(35(40)43-34-7-4-18-44-34)23-31-29-21-37(22-30(29)31)20-25-8-11-28(12-9-25)42-24-26-5-2-1-3-6-26/h1-13,18-19,29-31H,14-17,20-24H2. The number of carbonyl (C=O) groups excluding carboxylic acids is 1. The minimum absolute atomic E-state index is 0.336. The van der Waals surface area contributed by atoms with E-state index in [0.29, 0.717) is 73.6 Å². The van der Waals surface area contributed by atoms with E-state index in [1.807, 2.05) is 52.7 Å². The summed E-state index contributed by atoms with van der Waals surface area (Å²) in [7, 11) is 0. The van der Waals surface area contributed by atoms with Gasteiger partial charge in [0.05, 0.1) is 24.6 Å². The number of hydrogen-bond donors (Lipinski definition) is 0. The zero-order valence-electron chi connectivity index (χ0n) is 24.5. The zero-order chi connectivity index (χ0) is 29.9. The van der Waals surface area contributed by atoms with E-state index in [1.165, 1.54) is 23.0 Å². The first-order valence-corrected chi connectivity index (χ1v) is 16.1. The van der Waals surface area contributed by atoms with Crippen molar-refractivity contribution in [1.82, 2.24) is 4.90 Å². The molecular weight excluding hydrogens is 577 g/mol. The van der Waals surface area contributed by atoms with Crippen LogP contribution in [0.3, 0.4) is 0 Å². The van der Waals surface area contributed by atoms with Crippen molar-refractivity contribution in [2.24, 2.45) is 17.8 Å². The molecule has 2 saturated heterocycles. The lowest BCUT2D eigenvalue weighted by atomic mass is 10.1. The molecule has 1 aromatic heterocycles. The van der Waals surface area contributed by atoms with Gasteiger partial charge in [-0.05, 0) is 76.7 Å². The summed E-state index contributed by atoms with van der Waals surface area (Å²) in [5, 5.41) is 2.40. The minimum Gasteiger partial charge on any atom is -0.489 e. The van der Waals surface area contributed by atoms with Gasteiger partial charge in [0.2, 0.25) is 0 Å². The average molecular weight is 614 g/mol. The molecule has 3 heterocycles. The van der Waals surface area contributed by atoms with Crippen molar-refractivity contribution in [3.63, 3.8) is 0 Å². The maximum absolute atomic E-state index is 15.3. The average Bonchev–Trinajstić information content (AvgIpc) is 3.37. The quantitative estimate of drug-likeness (QED) is 0.199. The number of carbonyl (C=O) groups is 1. The molecule has 1 amide bonds. The molecule has 0 bridgehead atoms. The van der Waals surface area contributed by atoms with Gasteiger partial charge < -0.3 is 19.1 Å². The van der Waals surface area contributed by atoms with E-state index in [1.54, 1.807) is 17.0 Å². The molecule has 7 nitrogen and oxygen atoms in total. The first kappa shape index (κ1) is 28.8. The first-order valence-electron chi connectivity index (χ1n) is 15.2. The van der Waals surface area contributed by atoms with Crippen molar-refractivity contribution in [2.45, 2.75) is 13.2 Å². The molecule has 2 aliphatic heterocycles. The van der Waals surface area contributed by atoms with Gasteiger partial charge in [0, 0.05) is 39.3 Å². The predicted molar refractivity (Wildman–Crippen MR) is 170 cm³/mol. The molecule has 2 atom stereocenters. The highest BCUT2D eigenvalue weighted by molar-refractivity contribution is 7.11. The molecule has 0 radical (unpaired) electrons. The summed E-state index contributed by atoms with van der Waals surface area (Å²) in [6.07, 6.45) is -0.470. The summed E-state index contributed by atoms with van der Waals surface area (Å²) >= 11 is 1.37. The predicted octanol–water partition coefficient (Wildman–Crippen LogP) is 6.69. The Bertz CT molecular complexity index is 1530. The smallest absolute Gasteiger partial charge is 0.420 e. The van der Waals surface area contributed by atoms with E-state index in [9.17, 15) is 4.79 Å². The molecule has 3 aromatic carbocycles. The first-order chi connectivity index (χ1) is 21.6. The Morgan fingerprint density at radius 3 is 2.41 bits per heavy atom. The van der Waals surface area contributed by atoms with Gasteiger partial charge in [-0.15, -0.1) is 11.3 Å². The van der Waals surface area contributed by atoms with E-state index in [2.05, 4.69) is 29.2 Å². The molecule has 2 unspecified atom stereocenters. The summed E-state index contributed by atoms with van der Waals surface area (Å²) in [5.74, 6) is 1.91. The molecule has 9 heteroatoms. The zero-order valence-corrected chi connectivity index (χ0v) is 25.3. The van der Waals surface area contributed by atoms with E-state index in [4.69, 9.17) is 14.2 Å². The van der Waals surface area contributed by atoms with Gasteiger partial charge in [0.15, 0.2) is 5.06 Å². The van der Waals surface area contributed by atoms with Gasteiger partial charge in [-0.2, -0.15) is 0 Å². The fourth-order valence-electron chi connectivity index (χ4n) is 6.51. The Morgan fingerprint density at radius 1 is 0.932 bits per heavy atom. The van der Waals surface area contributed by atoms with Crippen LogP contribution in [0, 0.1) is 23.6 Å². The second-order valence-corrected chi connectivity index (χ2v) is 12.7. The van der Waals surface area contributed by atoms with Crippen LogP contribution in [0.25, 0.3) is 0 Å². The van der Waals surface area contributed by atoms with Crippen LogP contribution >= 0.6 is 11.3 Å². The summed E-state index contributed by atoms with van der Waals surface area (Å²) in [6.45, 7) is 6.38. The number of halogens is 1. The van der Waals surface area contributed by atoms with Crippen LogP contribution in [0.4, 0.5) is 20.6 Å². The Balaban J connectivity index is 0.964. The third-order valence-corrected chi connectivity index (χ3v) is 9.66. The SMILES string of the molecule is O=C(Oc1cccs1)N(CC1C2CN(Cc3ccc(OCc4ccccc4)cc3)CC21)c1ccc(N2CCOCC2)c(F)c1. The summed E-state index contributed by atoms with van der Waals surface area (Å²) < 4.78 is 32.4.